The van der Waals surface area contributed by atoms with E-state index in [1.54, 1.807) is 4.90 Å². The number of piperazine rings is 1. The first-order valence-corrected chi connectivity index (χ1v) is 14.0. The van der Waals surface area contributed by atoms with Crippen LogP contribution in [-0.2, 0) is 9.84 Å². The zero-order valence-corrected chi connectivity index (χ0v) is 21.7. The third-order valence-electron chi connectivity index (χ3n) is 5.38. The number of likely N-dealkylation sites (N-methyl/N-ethyl adjacent to an activating group) is 1. The Morgan fingerprint density at radius 3 is 2.16 bits per heavy atom. The van der Waals surface area contributed by atoms with Gasteiger partial charge in [0.2, 0.25) is 0 Å². The average molecular weight is 584 g/mol. The van der Waals surface area contributed by atoms with Gasteiger partial charge in [0.05, 0.1) is 21.3 Å². The summed E-state index contributed by atoms with van der Waals surface area (Å²) >= 11 is 6.75. The lowest BCUT2D eigenvalue weighted by Gasteiger charge is -2.34. The quantitative estimate of drug-likeness (QED) is 0.237. The monoisotopic (exact) mass is 582 g/mol. The van der Waals surface area contributed by atoms with Gasteiger partial charge in [-0.3, -0.25) is 14.9 Å². The number of benzene rings is 1. The van der Waals surface area contributed by atoms with E-state index in [2.05, 4.69) is 36.8 Å². The van der Waals surface area contributed by atoms with Crippen molar-refractivity contribution in [1.29, 1.82) is 0 Å². The molecule has 31 heavy (non-hydrogen) atoms. The van der Waals surface area contributed by atoms with Gasteiger partial charge in [0.15, 0.2) is 9.84 Å². The fourth-order valence-electron chi connectivity index (χ4n) is 3.53. The predicted octanol–water partition coefficient (Wildman–Crippen LogP) is 2.76. The second-order valence-electron chi connectivity index (χ2n) is 7.09. The molecule has 0 saturated carbocycles. The van der Waals surface area contributed by atoms with Crippen molar-refractivity contribution in [3.05, 3.63) is 27.8 Å². The first kappa shape index (κ1) is 26.0. The molecule has 1 aliphatic rings. The highest BCUT2D eigenvalue weighted by Gasteiger charge is 2.32. The molecule has 0 aromatic heterocycles. The summed E-state index contributed by atoms with van der Waals surface area (Å²) in [5, 5.41) is 13.0. The van der Waals surface area contributed by atoms with Crippen LogP contribution < -0.4 is 4.90 Å². The number of rotatable bonds is 10. The number of halogens is 2. The van der Waals surface area contributed by atoms with E-state index < -0.39 is 26.4 Å². The minimum Gasteiger partial charge on any atom is -0.369 e. The number of carbonyl (C=O) groups is 1. The van der Waals surface area contributed by atoms with E-state index in [0.29, 0.717) is 55.6 Å². The van der Waals surface area contributed by atoms with Gasteiger partial charge in [-0.05, 0) is 12.6 Å². The van der Waals surface area contributed by atoms with Crippen molar-refractivity contribution in [1.82, 2.24) is 9.80 Å². The summed E-state index contributed by atoms with van der Waals surface area (Å²) in [6.45, 7) is 7.73. The summed E-state index contributed by atoms with van der Waals surface area (Å²) in [4.78, 5) is 29.9. The minimum atomic E-state index is -3.75. The summed E-state index contributed by atoms with van der Waals surface area (Å²) in [6.07, 6.45) is 0. The van der Waals surface area contributed by atoms with Gasteiger partial charge in [-0.25, -0.2) is 8.42 Å². The molecule has 0 N–H and O–H groups in total. The Balaban J connectivity index is 2.63. The fourth-order valence-corrected chi connectivity index (χ4v) is 5.49. The highest BCUT2D eigenvalue weighted by atomic mass is 79.9. The second-order valence-corrected chi connectivity index (χ2v) is 10.9. The molecule has 1 aliphatic heterocycles. The van der Waals surface area contributed by atoms with Crippen molar-refractivity contribution in [2.24, 2.45) is 0 Å². The van der Waals surface area contributed by atoms with Crippen molar-refractivity contribution in [3.63, 3.8) is 0 Å². The van der Waals surface area contributed by atoms with E-state index >= 15 is 0 Å². The van der Waals surface area contributed by atoms with E-state index in [4.69, 9.17) is 0 Å². The Bertz CT molecular complexity index is 899. The van der Waals surface area contributed by atoms with Gasteiger partial charge < -0.3 is 14.7 Å². The fraction of sp³-hybridized carbons (Fsp3) is 0.632. The van der Waals surface area contributed by atoms with E-state index in [-0.39, 0.29) is 16.2 Å². The molecule has 0 aliphatic carbocycles. The Morgan fingerprint density at radius 1 is 1.13 bits per heavy atom. The van der Waals surface area contributed by atoms with Gasteiger partial charge in [0.25, 0.3) is 11.6 Å². The van der Waals surface area contributed by atoms with Crippen LogP contribution in [0.25, 0.3) is 0 Å². The molecule has 12 heteroatoms. The summed E-state index contributed by atoms with van der Waals surface area (Å²) in [5.41, 5.74) is -0.229. The van der Waals surface area contributed by atoms with Gasteiger partial charge in [-0.15, -0.1) is 0 Å². The first-order chi connectivity index (χ1) is 14.7. The molecule has 9 nitrogen and oxygen atoms in total. The number of hydrogen-bond donors (Lipinski definition) is 0. The number of alkyl halides is 2. The minimum absolute atomic E-state index is 0.0749. The molecule has 1 aromatic carbocycles. The third kappa shape index (κ3) is 6.17. The maximum Gasteiger partial charge on any atom is 0.283 e. The maximum absolute atomic E-state index is 13.3. The number of sulfone groups is 1. The Morgan fingerprint density at radius 2 is 1.71 bits per heavy atom. The van der Waals surface area contributed by atoms with Crippen LogP contribution in [0.2, 0.25) is 0 Å². The van der Waals surface area contributed by atoms with Gasteiger partial charge in [-0.2, -0.15) is 0 Å². The van der Waals surface area contributed by atoms with Gasteiger partial charge in [-0.1, -0.05) is 45.7 Å². The molecule has 1 saturated heterocycles. The summed E-state index contributed by atoms with van der Waals surface area (Å²) in [6, 6.07) is 2.44. The summed E-state index contributed by atoms with van der Waals surface area (Å²) in [5.74, 6) is -0.637. The Kier molecular flexibility index (Phi) is 9.71. The van der Waals surface area contributed by atoms with Crippen LogP contribution in [-0.4, -0.2) is 91.3 Å². The van der Waals surface area contributed by atoms with E-state index in [0.717, 1.165) is 12.6 Å². The van der Waals surface area contributed by atoms with Crippen LogP contribution >= 0.6 is 31.9 Å². The smallest absolute Gasteiger partial charge is 0.283 e. The molecule has 0 radical (unpaired) electrons. The van der Waals surface area contributed by atoms with Crippen LogP contribution in [0.15, 0.2) is 17.0 Å². The van der Waals surface area contributed by atoms with Crippen molar-refractivity contribution in [3.8, 4) is 0 Å². The zero-order valence-electron chi connectivity index (χ0n) is 17.7. The standard InChI is InChI=1S/C19H28Br2N4O5S/c1-3-22-9-11-24(12-10-22)19(26)15-13-17(23(7-5-20)8-6-21)18(31(29,30)4-2)14-16(15)25(27)28/h13-14H,3-12H2,1-2H3. The van der Waals surface area contributed by atoms with Crippen LogP contribution in [0.4, 0.5) is 11.4 Å². The Labute approximate surface area is 200 Å². The largest absolute Gasteiger partial charge is 0.369 e. The number of anilines is 1. The average Bonchev–Trinajstić information content (AvgIpc) is 2.77. The van der Waals surface area contributed by atoms with Gasteiger partial charge >= 0.3 is 0 Å². The van der Waals surface area contributed by atoms with Crippen LogP contribution in [0, 0.1) is 10.1 Å². The molecule has 0 unspecified atom stereocenters. The van der Waals surface area contributed by atoms with Crippen molar-refractivity contribution in [2.75, 3.05) is 67.1 Å². The third-order valence-corrected chi connectivity index (χ3v) is 7.84. The van der Waals surface area contributed by atoms with Crippen molar-refractivity contribution in [2.45, 2.75) is 18.7 Å². The molecular weight excluding hydrogens is 556 g/mol. The molecule has 174 valence electrons. The van der Waals surface area contributed by atoms with E-state index in [1.807, 2.05) is 11.8 Å². The summed E-state index contributed by atoms with van der Waals surface area (Å²) < 4.78 is 25.6. The molecule has 1 heterocycles. The number of nitro groups is 1. The number of nitrogens with zero attached hydrogens (tertiary/aromatic N) is 4. The van der Waals surface area contributed by atoms with Gasteiger partial charge in [0.1, 0.15) is 5.56 Å². The molecule has 1 fully saturated rings. The molecule has 0 spiro atoms. The first-order valence-electron chi connectivity index (χ1n) is 10.1. The van der Waals surface area contributed by atoms with Crippen molar-refractivity contribution < 1.29 is 18.1 Å². The number of nitro benzene ring substituents is 1. The van der Waals surface area contributed by atoms with E-state index in [1.165, 1.54) is 13.0 Å². The number of carbonyl (C=O) groups excluding carboxylic acids is 1. The van der Waals surface area contributed by atoms with Gasteiger partial charge in [0, 0.05) is 56.0 Å². The molecule has 1 aromatic rings. The Hall–Kier alpha value is -1.24. The van der Waals surface area contributed by atoms with Crippen molar-refractivity contribution >= 4 is 59.0 Å². The topological polar surface area (TPSA) is 104 Å². The molecule has 0 atom stereocenters. The number of amides is 1. The molecule has 2 rings (SSSR count). The van der Waals surface area contributed by atoms with E-state index in [9.17, 15) is 23.3 Å². The lowest BCUT2D eigenvalue weighted by molar-refractivity contribution is -0.385. The highest BCUT2D eigenvalue weighted by Crippen LogP contribution is 2.34. The lowest BCUT2D eigenvalue weighted by atomic mass is 10.1. The zero-order chi connectivity index (χ0) is 23.2. The summed E-state index contributed by atoms with van der Waals surface area (Å²) in [7, 11) is -3.75. The highest BCUT2D eigenvalue weighted by molar-refractivity contribution is 9.09. The number of hydrogen-bond acceptors (Lipinski definition) is 7. The lowest BCUT2D eigenvalue weighted by Crippen LogP contribution is -2.48. The second kappa shape index (κ2) is 11.6. The van der Waals surface area contributed by atoms with Crippen LogP contribution in [0.5, 0.6) is 0 Å². The molecule has 0 bridgehead atoms. The van der Waals surface area contributed by atoms with Crippen LogP contribution in [0.3, 0.4) is 0 Å². The predicted molar refractivity (Wildman–Crippen MR) is 129 cm³/mol. The normalized spacial score (nSPS) is 15.2. The maximum atomic E-state index is 13.3. The molecule has 1 amide bonds. The SMILES string of the molecule is CCN1CCN(C(=O)c2cc(N(CCBr)CCBr)c(S(=O)(=O)CC)cc2[N+](=O)[O-])CC1. The van der Waals surface area contributed by atoms with Crippen LogP contribution in [0.1, 0.15) is 24.2 Å². The molecular formula is C19H28Br2N4O5S.